The first-order valence-corrected chi connectivity index (χ1v) is 8.02. The topological polar surface area (TPSA) is 58.2 Å². The molecule has 1 aromatic rings. The minimum atomic E-state index is -0.596. The fourth-order valence-corrected chi connectivity index (χ4v) is 2.49. The van der Waals surface area contributed by atoms with Gasteiger partial charge in [-0.25, -0.2) is 0 Å². The van der Waals surface area contributed by atoms with Crippen molar-refractivity contribution in [2.24, 2.45) is 5.92 Å². The van der Waals surface area contributed by atoms with Gasteiger partial charge in [0, 0.05) is 11.1 Å². The van der Waals surface area contributed by atoms with Gasteiger partial charge in [0.1, 0.15) is 6.04 Å². The van der Waals surface area contributed by atoms with Gasteiger partial charge in [-0.1, -0.05) is 37.0 Å². The van der Waals surface area contributed by atoms with E-state index in [1.807, 2.05) is 27.7 Å². The minimum absolute atomic E-state index is 0.0122. The molecule has 6 heteroatoms. The van der Waals surface area contributed by atoms with Crippen LogP contribution in [-0.2, 0) is 4.79 Å². The van der Waals surface area contributed by atoms with Gasteiger partial charge in [0.2, 0.25) is 5.91 Å². The normalized spacial score (nSPS) is 12.4. The predicted molar refractivity (Wildman–Crippen MR) is 90.4 cm³/mol. The molecule has 2 N–H and O–H groups in total. The second kappa shape index (κ2) is 8.39. The van der Waals surface area contributed by atoms with E-state index in [1.54, 1.807) is 12.1 Å². The first-order chi connectivity index (χ1) is 10.2. The number of rotatable bonds is 6. The maximum absolute atomic E-state index is 12.3. The molecule has 0 radical (unpaired) electrons. The van der Waals surface area contributed by atoms with Crippen LogP contribution in [0.15, 0.2) is 18.2 Å². The lowest BCUT2D eigenvalue weighted by molar-refractivity contribution is -0.123. The molecule has 1 aromatic carbocycles. The second-order valence-corrected chi connectivity index (χ2v) is 6.79. The van der Waals surface area contributed by atoms with E-state index < -0.39 is 6.04 Å². The number of halogens is 2. The zero-order valence-corrected chi connectivity index (χ0v) is 14.8. The average Bonchev–Trinajstić information content (AvgIpc) is 2.36. The molecule has 1 rings (SSSR count). The van der Waals surface area contributed by atoms with Crippen molar-refractivity contribution in [1.29, 1.82) is 0 Å². The van der Waals surface area contributed by atoms with Gasteiger partial charge in [0.05, 0.1) is 10.6 Å². The lowest BCUT2D eigenvalue weighted by Crippen LogP contribution is -2.49. The van der Waals surface area contributed by atoms with Gasteiger partial charge in [-0.05, 0) is 44.4 Å². The monoisotopic (exact) mass is 344 g/mol. The standard InChI is InChI=1S/C16H22Cl2N2O2/c1-9(2)7-14(16(22)19-10(3)4)20-15(21)12-6-5-11(17)8-13(12)18/h5-6,8-10,14H,7H2,1-4H3,(H,19,22)(H,20,21). The summed E-state index contributed by atoms with van der Waals surface area (Å²) in [5.74, 6) is -0.308. The Bertz CT molecular complexity index is 545. The van der Waals surface area contributed by atoms with Crippen molar-refractivity contribution in [1.82, 2.24) is 10.6 Å². The van der Waals surface area contributed by atoms with E-state index in [1.165, 1.54) is 6.07 Å². The maximum atomic E-state index is 12.3. The fourth-order valence-electron chi connectivity index (χ4n) is 2.00. The Hall–Kier alpha value is -1.26. The molecule has 0 bridgehead atoms. The van der Waals surface area contributed by atoms with Crippen molar-refractivity contribution in [2.75, 3.05) is 0 Å². The number of hydrogen-bond acceptors (Lipinski definition) is 2. The summed E-state index contributed by atoms with van der Waals surface area (Å²) in [4.78, 5) is 24.6. The third-order valence-corrected chi connectivity index (χ3v) is 3.48. The van der Waals surface area contributed by atoms with E-state index in [9.17, 15) is 9.59 Å². The molecular weight excluding hydrogens is 323 g/mol. The molecule has 0 fully saturated rings. The van der Waals surface area contributed by atoms with E-state index in [0.29, 0.717) is 17.0 Å². The molecule has 0 saturated heterocycles. The number of carbonyl (C=O) groups is 2. The Morgan fingerprint density at radius 1 is 1.09 bits per heavy atom. The predicted octanol–water partition coefficient (Wildman–Crippen LogP) is 3.66. The Morgan fingerprint density at radius 2 is 1.73 bits per heavy atom. The van der Waals surface area contributed by atoms with Crippen molar-refractivity contribution in [2.45, 2.75) is 46.2 Å². The van der Waals surface area contributed by atoms with Crippen LogP contribution in [0.4, 0.5) is 0 Å². The molecule has 0 aliphatic rings. The molecular formula is C16H22Cl2N2O2. The fraction of sp³-hybridized carbons (Fsp3) is 0.500. The Kier molecular flexibility index (Phi) is 7.17. The summed E-state index contributed by atoms with van der Waals surface area (Å²) in [7, 11) is 0. The van der Waals surface area contributed by atoms with Gasteiger partial charge >= 0.3 is 0 Å². The number of nitrogens with one attached hydrogen (secondary N) is 2. The Labute approximate surface area is 141 Å². The molecule has 0 aromatic heterocycles. The molecule has 0 aliphatic heterocycles. The molecule has 0 saturated carbocycles. The minimum Gasteiger partial charge on any atom is -0.352 e. The molecule has 22 heavy (non-hydrogen) atoms. The van der Waals surface area contributed by atoms with Gasteiger partial charge in [-0.3, -0.25) is 9.59 Å². The first kappa shape index (κ1) is 18.8. The molecule has 0 spiro atoms. The van der Waals surface area contributed by atoms with Crippen molar-refractivity contribution < 1.29 is 9.59 Å². The highest BCUT2D eigenvalue weighted by Crippen LogP contribution is 2.21. The van der Waals surface area contributed by atoms with Crippen LogP contribution in [0.25, 0.3) is 0 Å². The first-order valence-electron chi connectivity index (χ1n) is 7.27. The third-order valence-electron chi connectivity index (χ3n) is 2.94. The number of amides is 2. The van der Waals surface area contributed by atoms with Crippen LogP contribution < -0.4 is 10.6 Å². The number of hydrogen-bond donors (Lipinski definition) is 2. The lowest BCUT2D eigenvalue weighted by atomic mass is 10.0. The molecule has 122 valence electrons. The summed E-state index contributed by atoms with van der Waals surface area (Å²) >= 11 is 11.9. The van der Waals surface area contributed by atoms with Crippen LogP contribution in [-0.4, -0.2) is 23.9 Å². The van der Waals surface area contributed by atoms with Crippen LogP contribution >= 0.6 is 23.2 Å². The zero-order valence-electron chi connectivity index (χ0n) is 13.2. The summed E-state index contributed by atoms with van der Waals surface area (Å²) in [6.07, 6.45) is 0.551. The van der Waals surface area contributed by atoms with Gasteiger partial charge in [-0.15, -0.1) is 0 Å². The summed E-state index contributed by atoms with van der Waals surface area (Å²) in [5.41, 5.74) is 0.303. The molecule has 1 atom stereocenters. The van der Waals surface area contributed by atoms with Crippen molar-refractivity contribution >= 4 is 35.0 Å². The lowest BCUT2D eigenvalue weighted by Gasteiger charge is -2.21. The largest absolute Gasteiger partial charge is 0.352 e. The van der Waals surface area contributed by atoms with Crippen LogP contribution in [0.2, 0.25) is 10.0 Å². The number of benzene rings is 1. The van der Waals surface area contributed by atoms with E-state index in [0.717, 1.165) is 0 Å². The SMILES string of the molecule is CC(C)CC(NC(=O)c1ccc(Cl)cc1Cl)C(=O)NC(C)C. The van der Waals surface area contributed by atoms with Crippen molar-refractivity contribution in [3.05, 3.63) is 33.8 Å². The average molecular weight is 345 g/mol. The van der Waals surface area contributed by atoms with E-state index >= 15 is 0 Å². The summed E-state index contributed by atoms with van der Waals surface area (Å²) in [6, 6.07) is 4.06. The van der Waals surface area contributed by atoms with Crippen LogP contribution in [0, 0.1) is 5.92 Å². The highest BCUT2D eigenvalue weighted by molar-refractivity contribution is 6.36. The van der Waals surface area contributed by atoms with Crippen molar-refractivity contribution in [3.63, 3.8) is 0 Å². The number of carbonyl (C=O) groups excluding carboxylic acids is 2. The zero-order chi connectivity index (χ0) is 16.9. The second-order valence-electron chi connectivity index (χ2n) is 5.94. The van der Waals surface area contributed by atoms with Crippen LogP contribution in [0.3, 0.4) is 0 Å². The van der Waals surface area contributed by atoms with Gasteiger partial charge in [0.15, 0.2) is 0 Å². The molecule has 0 aliphatic carbocycles. The smallest absolute Gasteiger partial charge is 0.253 e. The van der Waals surface area contributed by atoms with Gasteiger partial charge in [0.25, 0.3) is 5.91 Å². The quantitative estimate of drug-likeness (QED) is 0.827. The Morgan fingerprint density at radius 3 is 2.23 bits per heavy atom. The molecule has 0 heterocycles. The molecule has 2 amide bonds. The third kappa shape index (κ3) is 5.85. The van der Waals surface area contributed by atoms with E-state index in [-0.39, 0.29) is 28.8 Å². The van der Waals surface area contributed by atoms with E-state index in [4.69, 9.17) is 23.2 Å². The van der Waals surface area contributed by atoms with Crippen molar-refractivity contribution in [3.8, 4) is 0 Å². The summed E-state index contributed by atoms with van der Waals surface area (Å²) in [6.45, 7) is 7.75. The highest BCUT2D eigenvalue weighted by atomic mass is 35.5. The van der Waals surface area contributed by atoms with Gasteiger partial charge in [-0.2, -0.15) is 0 Å². The summed E-state index contributed by atoms with van der Waals surface area (Å²) in [5, 5.41) is 6.29. The molecule has 4 nitrogen and oxygen atoms in total. The van der Waals surface area contributed by atoms with E-state index in [2.05, 4.69) is 10.6 Å². The highest BCUT2D eigenvalue weighted by Gasteiger charge is 2.23. The summed E-state index contributed by atoms with van der Waals surface area (Å²) < 4.78 is 0. The molecule has 1 unspecified atom stereocenters. The van der Waals surface area contributed by atoms with Crippen LogP contribution in [0.5, 0.6) is 0 Å². The van der Waals surface area contributed by atoms with Crippen LogP contribution in [0.1, 0.15) is 44.5 Å². The Balaban J connectivity index is 2.88. The maximum Gasteiger partial charge on any atom is 0.253 e. The van der Waals surface area contributed by atoms with Gasteiger partial charge < -0.3 is 10.6 Å².